The second-order valence-corrected chi connectivity index (χ2v) is 3.47. The number of rotatable bonds is 2. The zero-order valence-electron chi connectivity index (χ0n) is 8.75. The minimum absolute atomic E-state index is 0.00268. The molecular weight excluding hydrogens is 182 g/mol. The Balaban J connectivity index is 2.38. The van der Waals surface area contributed by atoms with Crippen molar-refractivity contribution in [2.75, 3.05) is 33.2 Å². The van der Waals surface area contributed by atoms with Crippen LogP contribution in [0.25, 0.3) is 0 Å². The molecule has 0 bridgehead atoms. The first-order chi connectivity index (χ1) is 6.65. The maximum atomic E-state index is 11.5. The van der Waals surface area contributed by atoms with Crippen molar-refractivity contribution in [1.29, 1.82) is 0 Å². The molecular formula is C9H17N3O2. The molecule has 1 fully saturated rings. The monoisotopic (exact) mass is 199 g/mol. The van der Waals surface area contributed by atoms with Crippen molar-refractivity contribution in [1.82, 2.24) is 15.1 Å². The fourth-order valence-electron chi connectivity index (χ4n) is 1.28. The van der Waals surface area contributed by atoms with Gasteiger partial charge in [-0.25, -0.2) is 4.79 Å². The van der Waals surface area contributed by atoms with E-state index in [4.69, 9.17) is 0 Å². The zero-order chi connectivity index (χ0) is 10.6. The minimum Gasteiger partial charge on any atom is -0.342 e. The van der Waals surface area contributed by atoms with Gasteiger partial charge in [0.2, 0.25) is 5.91 Å². The summed E-state index contributed by atoms with van der Waals surface area (Å²) in [6, 6.07) is -0.131. The number of carbonyl (C=O) groups excluding carboxylic acids is 2. The largest absolute Gasteiger partial charge is 0.342 e. The van der Waals surface area contributed by atoms with Gasteiger partial charge in [0.1, 0.15) is 6.54 Å². The Kier molecular flexibility index (Phi) is 3.73. The van der Waals surface area contributed by atoms with Crippen LogP contribution in [0.2, 0.25) is 0 Å². The molecule has 0 unspecified atom stereocenters. The molecule has 1 aliphatic rings. The number of urea groups is 1. The van der Waals surface area contributed by atoms with Crippen molar-refractivity contribution in [2.24, 2.45) is 0 Å². The van der Waals surface area contributed by atoms with Crippen molar-refractivity contribution in [2.45, 2.75) is 13.3 Å². The lowest BCUT2D eigenvalue weighted by Crippen LogP contribution is -2.53. The van der Waals surface area contributed by atoms with E-state index in [0.717, 1.165) is 6.42 Å². The predicted octanol–water partition coefficient (Wildman–Crippen LogP) is -0.120. The van der Waals surface area contributed by atoms with Crippen LogP contribution in [-0.2, 0) is 4.79 Å². The summed E-state index contributed by atoms with van der Waals surface area (Å²) in [6.07, 6.45) is 0.910. The van der Waals surface area contributed by atoms with Gasteiger partial charge in [-0.15, -0.1) is 0 Å². The van der Waals surface area contributed by atoms with Crippen molar-refractivity contribution < 1.29 is 9.59 Å². The molecule has 0 aromatic rings. The Labute approximate surface area is 84.0 Å². The maximum Gasteiger partial charge on any atom is 0.317 e. The number of carbonyl (C=O) groups is 2. The molecule has 1 aliphatic heterocycles. The summed E-state index contributed by atoms with van der Waals surface area (Å²) in [7, 11) is 1.75. The van der Waals surface area contributed by atoms with Gasteiger partial charge in [-0.05, 0) is 6.42 Å². The van der Waals surface area contributed by atoms with E-state index in [2.05, 4.69) is 5.32 Å². The quantitative estimate of drug-likeness (QED) is 0.674. The van der Waals surface area contributed by atoms with Crippen LogP contribution in [-0.4, -0.2) is 55.0 Å². The average Bonchev–Trinajstić information content (AvgIpc) is 2.18. The second-order valence-electron chi connectivity index (χ2n) is 3.47. The van der Waals surface area contributed by atoms with E-state index < -0.39 is 0 Å². The molecule has 0 aromatic heterocycles. The van der Waals surface area contributed by atoms with Crippen molar-refractivity contribution in [3.8, 4) is 0 Å². The molecule has 0 saturated carbocycles. The van der Waals surface area contributed by atoms with Crippen molar-refractivity contribution >= 4 is 11.9 Å². The van der Waals surface area contributed by atoms with Gasteiger partial charge < -0.3 is 15.1 Å². The lowest BCUT2D eigenvalue weighted by atomic mass is 10.3. The number of piperazine rings is 1. The number of hydrogen-bond donors (Lipinski definition) is 1. The lowest BCUT2D eigenvalue weighted by molar-refractivity contribution is -0.133. The molecule has 5 heteroatoms. The highest BCUT2D eigenvalue weighted by molar-refractivity contribution is 5.85. The topological polar surface area (TPSA) is 52.7 Å². The van der Waals surface area contributed by atoms with Crippen LogP contribution in [0.15, 0.2) is 0 Å². The average molecular weight is 199 g/mol. The minimum atomic E-state index is -0.131. The van der Waals surface area contributed by atoms with Gasteiger partial charge in [0.25, 0.3) is 0 Å². The van der Waals surface area contributed by atoms with Crippen LogP contribution < -0.4 is 5.32 Å². The van der Waals surface area contributed by atoms with Crippen molar-refractivity contribution in [3.63, 3.8) is 0 Å². The van der Waals surface area contributed by atoms with Crippen LogP contribution in [0.4, 0.5) is 4.79 Å². The molecule has 1 saturated heterocycles. The Hall–Kier alpha value is -1.26. The molecule has 0 radical (unpaired) electrons. The molecule has 0 aromatic carbocycles. The standard InChI is InChI=1S/C9H17N3O2/c1-3-4-10-9(14)12-6-5-11(2)8(13)7-12/h3-7H2,1-2H3,(H,10,14). The summed E-state index contributed by atoms with van der Waals surface area (Å²) in [6.45, 7) is 4.11. The fourth-order valence-corrected chi connectivity index (χ4v) is 1.28. The summed E-state index contributed by atoms with van der Waals surface area (Å²) in [5, 5.41) is 2.75. The Morgan fingerprint density at radius 1 is 1.50 bits per heavy atom. The van der Waals surface area contributed by atoms with Gasteiger partial charge in [0, 0.05) is 26.7 Å². The third-order valence-electron chi connectivity index (χ3n) is 2.27. The van der Waals surface area contributed by atoms with Gasteiger partial charge in [0.05, 0.1) is 0 Å². The number of nitrogens with one attached hydrogen (secondary N) is 1. The summed E-state index contributed by atoms with van der Waals surface area (Å²) in [5.41, 5.74) is 0. The number of hydrogen-bond acceptors (Lipinski definition) is 2. The summed E-state index contributed by atoms with van der Waals surface area (Å²) < 4.78 is 0. The lowest BCUT2D eigenvalue weighted by Gasteiger charge is -2.31. The van der Waals surface area contributed by atoms with Crippen LogP contribution in [0.1, 0.15) is 13.3 Å². The SMILES string of the molecule is CCCNC(=O)N1CCN(C)C(=O)C1. The molecule has 0 aliphatic carbocycles. The molecule has 14 heavy (non-hydrogen) atoms. The van der Waals surface area contributed by atoms with Gasteiger partial charge >= 0.3 is 6.03 Å². The van der Waals surface area contributed by atoms with E-state index in [0.29, 0.717) is 19.6 Å². The molecule has 5 nitrogen and oxygen atoms in total. The van der Waals surface area contributed by atoms with Gasteiger partial charge in [-0.2, -0.15) is 0 Å². The van der Waals surface area contributed by atoms with Gasteiger partial charge in [0.15, 0.2) is 0 Å². The molecule has 1 heterocycles. The fraction of sp³-hybridized carbons (Fsp3) is 0.778. The van der Waals surface area contributed by atoms with E-state index >= 15 is 0 Å². The van der Waals surface area contributed by atoms with E-state index in [1.165, 1.54) is 0 Å². The Morgan fingerprint density at radius 2 is 2.21 bits per heavy atom. The van der Waals surface area contributed by atoms with E-state index in [1.54, 1.807) is 16.8 Å². The highest BCUT2D eigenvalue weighted by Crippen LogP contribution is 2.00. The summed E-state index contributed by atoms with van der Waals surface area (Å²) in [4.78, 5) is 25.9. The summed E-state index contributed by atoms with van der Waals surface area (Å²) >= 11 is 0. The first kappa shape index (κ1) is 10.8. The maximum absolute atomic E-state index is 11.5. The first-order valence-electron chi connectivity index (χ1n) is 4.92. The third-order valence-corrected chi connectivity index (χ3v) is 2.27. The summed E-state index contributed by atoms with van der Waals surface area (Å²) in [5.74, 6) is 0.00268. The van der Waals surface area contributed by atoms with E-state index in [-0.39, 0.29) is 18.5 Å². The van der Waals surface area contributed by atoms with E-state index in [1.807, 2.05) is 6.92 Å². The third kappa shape index (κ3) is 2.61. The first-order valence-corrected chi connectivity index (χ1v) is 4.92. The second kappa shape index (κ2) is 4.83. The molecule has 0 spiro atoms. The van der Waals surface area contributed by atoms with Crippen molar-refractivity contribution in [3.05, 3.63) is 0 Å². The number of nitrogens with zero attached hydrogens (tertiary/aromatic N) is 2. The smallest absolute Gasteiger partial charge is 0.317 e. The molecule has 3 amide bonds. The predicted molar refractivity (Wildman–Crippen MR) is 52.9 cm³/mol. The highest BCUT2D eigenvalue weighted by atomic mass is 16.2. The molecule has 1 rings (SSSR count). The Morgan fingerprint density at radius 3 is 2.79 bits per heavy atom. The number of likely N-dealkylation sites (N-methyl/N-ethyl adjacent to an activating group) is 1. The van der Waals surface area contributed by atoms with Crippen LogP contribution >= 0.6 is 0 Å². The zero-order valence-corrected chi connectivity index (χ0v) is 8.75. The van der Waals surface area contributed by atoms with Crippen LogP contribution in [0.5, 0.6) is 0 Å². The highest BCUT2D eigenvalue weighted by Gasteiger charge is 2.24. The van der Waals surface area contributed by atoms with Crippen LogP contribution in [0.3, 0.4) is 0 Å². The number of amides is 3. The molecule has 80 valence electrons. The van der Waals surface area contributed by atoms with Gasteiger partial charge in [-0.3, -0.25) is 4.79 Å². The van der Waals surface area contributed by atoms with Gasteiger partial charge in [-0.1, -0.05) is 6.92 Å². The van der Waals surface area contributed by atoms with E-state index in [9.17, 15) is 9.59 Å². The molecule has 1 N–H and O–H groups in total. The molecule has 0 atom stereocenters. The normalized spacial score (nSPS) is 17.1. The van der Waals surface area contributed by atoms with Crippen LogP contribution in [0, 0.1) is 0 Å². The Bertz CT molecular complexity index is 230.